The third-order valence-electron chi connectivity index (χ3n) is 2.11. The Morgan fingerprint density at radius 2 is 2.25 bits per heavy atom. The summed E-state index contributed by atoms with van der Waals surface area (Å²) in [6, 6.07) is 0. The van der Waals surface area contributed by atoms with Crippen LogP contribution in [-0.4, -0.2) is 6.54 Å². The van der Waals surface area contributed by atoms with Crippen LogP contribution in [0.15, 0.2) is 5.18 Å². The first-order chi connectivity index (χ1) is 3.83. The fourth-order valence-electron chi connectivity index (χ4n) is 0.937. The Hall–Kier alpha value is -0.400. The number of hydrogen-bond donors (Lipinski definition) is 0. The standard InChI is InChI=1S/C6H11NO/c1-2-6(3-4-6)5-7-8/h2-5H2,1H3. The maximum Gasteiger partial charge on any atom is 0.0867 e. The van der Waals surface area contributed by atoms with Gasteiger partial charge in [-0.15, -0.1) is 0 Å². The van der Waals surface area contributed by atoms with E-state index in [2.05, 4.69) is 12.1 Å². The van der Waals surface area contributed by atoms with Gasteiger partial charge >= 0.3 is 0 Å². The normalized spacial score (nSPS) is 22.6. The van der Waals surface area contributed by atoms with Crippen molar-refractivity contribution >= 4 is 0 Å². The molecule has 1 aliphatic rings. The minimum absolute atomic E-state index is 0.363. The summed E-state index contributed by atoms with van der Waals surface area (Å²) in [6.07, 6.45) is 3.56. The zero-order valence-electron chi connectivity index (χ0n) is 5.18. The van der Waals surface area contributed by atoms with E-state index < -0.39 is 0 Å². The molecule has 46 valence electrons. The molecule has 0 amide bonds. The Balaban J connectivity index is 2.29. The summed E-state index contributed by atoms with van der Waals surface area (Å²) in [5.74, 6) is 0. The molecule has 0 N–H and O–H groups in total. The summed E-state index contributed by atoms with van der Waals surface area (Å²) in [5, 5.41) is 2.89. The lowest BCUT2D eigenvalue weighted by atomic mass is 10.1. The summed E-state index contributed by atoms with van der Waals surface area (Å²) in [6.45, 7) is 2.67. The van der Waals surface area contributed by atoms with Gasteiger partial charge in [0.2, 0.25) is 0 Å². The summed E-state index contributed by atoms with van der Waals surface area (Å²) in [5.41, 5.74) is 0.363. The second kappa shape index (κ2) is 1.84. The molecule has 0 aliphatic heterocycles. The van der Waals surface area contributed by atoms with Gasteiger partial charge in [0, 0.05) is 0 Å². The van der Waals surface area contributed by atoms with Gasteiger partial charge in [-0.3, -0.25) is 0 Å². The Bertz CT molecular complexity index is 96.7. The van der Waals surface area contributed by atoms with Gasteiger partial charge in [-0.05, 0) is 24.7 Å². The predicted octanol–water partition coefficient (Wildman–Crippen LogP) is 1.94. The monoisotopic (exact) mass is 113 g/mol. The highest BCUT2D eigenvalue weighted by molar-refractivity contribution is 4.93. The highest BCUT2D eigenvalue weighted by atomic mass is 16.3. The average Bonchev–Trinajstić information content (AvgIpc) is 2.50. The Kier molecular flexibility index (Phi) is 1.32. The van der Waals surface area contributed by atoms with Crippen molar-refractivity contribution in [1.82, 2.24) is 0 Å². The first-order valence-corrected chi connectivity index (χ1v) is 3.12. The molecule has 1 saturated carbocycles. The lowest BCUT2D eigenvalue weighted by Crippen LogP contribution is -2.00. The van der Waals surface area contributed by atoms with Crippen LogP contribution in [-0.2, 0) is 0 Å². The van der Waals surface area contributed by atoms with Crippen molar-refractivity contribution in [3.8, 4) is 0 Å². The summed E-state index contributed by atoms with van der Waals surface area (Å²) < 4.78 is 0. The molecule has 1 aliphatic carbocycles. The van der Waals surface area contributed by atoms with Crippen LogP contribution in [0.1, 0.15) is 26.2 Å². The smallest absolute Gasteiger partial charge is 0.0867 e. The molecule has 0 spiro atoms. The fourth-order valence-corrected chi connectivity index (χ4v) is 0.937. The van der Waals surface area contributed by atoms with E-state index in [0.717, 1.165) is 6.42 Å². The maximum absolute atomic E-state index is 9.77. The van der Waals surface area contributed by atoms with E-state index in [4.69, 9.17) is 0 Å². The molecule has 0 unspecified atom stereocenters. The topological polar surface area (TPSA) is 29.4 Å². The zero-order chi connectivity index (χ0) is 6.04. The molecule has 2 heteroatoms. The van der Waals surface area contributed by atoms with E-state index in [1.807, 2.05) is 0 Å². The van der Waals surface area contributed by atoms with Gasteiger partial charge < -0.3 is 0 Å². The van der Waals surface area contributed by atoms with Gasteiger partial charge in [0.25, 0.3) is 0 Å². The van der Waals surface area contributed by atoms with Crippen molar-refractivity contribution in [2.24, 2.45) is 10.6 Å². The Morgan fingerprint density at radius 1 is 1.62 bits per heavy atom. The molecule has 1 rings (SSSR count). The van der Waals surface area contributed by atoms with Crippen molar-refractivity contribution in [2.45, 2.75) is 26.2 Å². The number of hydrogen-bond acceptors (Lipinski definition) is 2. The lowest BCUT2D eigenvalue weighted by Gasteiger charge is -2.02. The van der Waals surface area contributed by atoms with Crippen LogP contribution in [0.3, 0.4) is 0 Å². The van der Waals surface area contributed by atoms with Gasteiger partial charge in [0.1, 0.15) is 0 Å². The van der Waals surface area contributed by atoms with E-state index >= 15 is 0 Å². The lowest BCUT2D eigenvalue weighted by molar-refractivity contribution is 0.504. The molecular weight excluding hydrogens is 102 g/mol. The fraction of sp³-hybridized carbons (Fsp3) is 1.00. The van der Waals surface area contributed by atoms with Crippen molar-refractivity contribution < 1.29 is 0 Å². The van der Waals surface area contributed by atoms with Crippen molar-refractivity contribution in [3.05, 3.63) is 4.91 Å². The molecule has 0 aromatic rings. The molecular formula is C6H11NO. The molecule has 8 heavy (non-hydrogen) atoms. The van der Waals surface area contributed by atoms with Crippen LogP contribution in [0.2, 0.25) is 0 Å². The van der Waals surface area contributed by atoms with Gasteiger partial charge in [0.15, 0.2) is 0 Å². The van der Waals surface area contributed by atoms with E-state index in [9.17, 15) is 4.91 Å². The maximum atomic E-state index is 9.77. The summed E-state index contributed by atoms with van der Waals surface area (Å²) in [7, 11) is 0. The molecule has 1 fully saturated rings. The van der Waals surface area contributed by atoms with Gasteiger partial charge in [0.05, 0.1) is 6.54 Å². The number of rotatable bonds is 3. The molecule has 0 aromatic carbocycles. The Labute approximate surface area is 49.3 Å². The van der Waals surface area contributed by atoms with Crippen LogP contribution < -0.4 is 0 Å². The third-order valence-corrected chi connectivity index (χ3v) is 2.11. The minimum Gasteiger partial charge on any atom is -0.151 e. The van der Waals surface area contributed by atoms with E-state index in [0.29, 0.717) is 12.0 Å². The van der Waals surface area contributed by atoms with Crippen molar-refractivity contribution in [3.63, 3.8) is 0 Å². The SMILES string of the molecule is CCC1(CN=O)CC1. The first-order valence-electron chi connectivity index (χ1n) is 3.12. The zero-order valence-corrected chi connectivity index (χ0v) is 5.18. The quantitative estimate of drug-likeness (QED) is 0.514. The van der Waals surface area contributed by atoms with Gasteiger partial charge in [-0.2, -0.15) is 4.91 Å². The van der Waals surface area contributed by atoms with E-state index in [-0.39, 0.29) is 0 Å². The molecule has 0 aromatic heterocycles. The molecule has 2 nitrogen and oxygen atoms in total. The molecule has 0 radical (unpaired) electrons. The van der Waals surface area contributed by atoms with E-state index in [1.54, 1.807) is 0 Å². The van der Waals surface area contributed by atoms with Crippen LogP contribution >= 0.6 is 0 Å². The van der Waals surface area contributed by atoms with Gasteiger partial charge in [-0.25, -0.2) is 0 Å². The molecule has 0 saturated heterocycles. The van der Waals surface area contributed by atoms with Crippen molar-refractivity contribution in [2.75, 3.05) is 6.54 Å². The number of nitrogens with zero attached hydrogens (tertiary/aromatic N) is 1. The number of nitroso groups, excluding NO2 is 1. The van der Waals surface area contributed by atoms with Crippen LogP contribution in [0.5, 0.6) is 0 Å². The second-order valence-corrected chi connectivity index (χ2v) is 2.64. The molecule has 0 bridgehead atoms. The minimum atomic E-state index is 0.363. The summed E-state index contributed by atoms with van der Waals surface area (Å²) in [4.78, 5) is 9.77. The van der Waals surface area contributed by atoms with Crippen molar-refractivity contribution in [1.29, 1.82) is 0 Å². The van der Waals surface area contributed by atoms with Crippen LogP contribution in [0.25, 0.3) is 0 Å². The third kappa shape index (κ3) is 0.881. The largest absolute Gasteiger partial charge is 0.151 e. The van der Waals surface area contributed by atoms with Crippen LogP contribution in [0, 0.1) is 10.3 Å². The molecule has 0 atom stereocenters. The first kappa shape index (κ1) is 5.73. The molecule has 0 heterocycles. The second-order valence-electron chi connectivity index (χ2n) is 2.64. The highest BCUT2D eigenvalue weighted by Crippen LogP contribution is 2.48. The van der Waals surface area contributed by atoms with E-state index in [1.165, 1.54) is 12.8 Å². The van der Waals surface area contributed by atoms with Gasteiger partial charge in [-0.1, -0.05) is 12.1 Å². The predicted molar refractivity (Wildman–Crippen MR) is 32.6 cm³/mol. The van der Waals surface area contributed by atoms with Crippen LogP contribution in [0.4, 0.5) is 0 Å². The Morgan fingerprint density at radius 3 is 2.38 bits per heavy atom. The average molecular weight is 113 g/mol. The summed E-state index contributed by atoms with van der Waals surface area (Å²) >= 11 is 0. The highest BCUT2D eigenvalue weighted by Gasteiger charge is 2.40.